The lowest BCUT2D eigenvalue weighted by Gasteiger charge is -2.32. The van der Waals surface area contributed by atoms with E-state index in [9.17, 15) is 43.9 Å². The van der Waals surface area contributed by atoms with Crippen LogP contribution >= 0.6 is 11.6 Å². The molecule has 1 aliphatic carbocycles. The Morgan fingerprint density at radius 3 is 2.07 bits per heavy atom. The molecule has 0 aromatic heterocycles. The average molecular weight is 679 g/mol. The first kappa shape index (κ1) is 35.2. The van der Waals surface area contributed by atoms with Crippen LogP contribution in [0, 0.1) is 5.82 Å². The summed E-state index contributed by atoms with van der Waals surface area (Å²) in [7, 11) is -3.83. The number of aliphatic carboxylic acids is 1. The minimum Gasteiger partial charge on any atom is -0.490 e. The highest BCUT2D eigenvalue weighted by atomic mass is 35.5. The fraction of sp³-hybridized carbons (Fsp3) is 0.462. The molecular formula is C26H26ClF7N2O7S. The first-order valence-electron chi connectivity index (χ1n) is 12.8. The molecule has 44 heavy (non-hydrogen) atoms. The summed E-state index contributed by atoms with van der Waals surface area (Å²) in [5.74, 6) is -4.65. The van der Waals surface area contributed by atoms with E-state index in [1.807, 2.05) is 0 Å². The van der Waals surface area contributed by atoms with Gasteiger partial charge in [0.05, 0.1) is 11.8 Å². The smallest absolute Gasteiger partial charge is 0.490 e. The second-order valence-corrected chi connectivity index (χ2v) is 12.3. The topological polar surface area (TPSA) is 122 Å². The zero-order chi connectivity index (χ0) is 33.0. The molecule has 18 heteroatoms. The molecule has 1 saturated heterocycles. The number of piperidine rings is 1. The number of hydrogen-bond acceptors (Lipinski definition) is 7. The second-order valence-electron chi connectivity index (χ2n) is 10.1. The van der Waals surface area contributed by atoms with Crippen molar-refractivity contribution in [2.24, 2.45) is 0 Å². The molecule has 2 aromatic carbocycles. The molecule has 0 atom stereocenters. The number of nitrogens with zero attached hydrogens (tertiary/aromatic N) is 1. The van der Waals surface area contributed by atoms with Gasteiger partial charge in [-0.1, -0.05) is 11.6 Å². The highest BCUT2D eigenvalue weighted by molar-refractivity contribution is 7.89. The summed E-state index contributed by atoms with van der Waals surface area (Å²) in [5.41, 5.74) is 1.26. The Morgan fingerprint density at radius 1 is 1.00 bits per heavy atom. The molecular weight excluding hydrogens is 653 g/mol. The fourth-order valence-electron chi connectivity index (χ4n) is 4.36. The van der Waals surface area contributed by atoms with Crippen LogP contribution in [0.15, 0.2) is 30.3 Å². The largest absolute Gasteiger partial charge is 0.573 e. The first-order chi connectivity index (χ1) is 20.2. The summed E-state index contributed by atoms with van der Waals surface area (Å²) in [6, 6.07) is 6.35. The van der Waals surface area contributed by atoms with Gasteiger partial charge < -0.3 is 14.6 Å². The number of likely N-dealkylation sites (tertiary alicyclic amines) is 1. The Kier molecular flexibility index (Phi) is 11.0. The molecule has 0 bridgehead atoms. The number of rotatable bonds is 8. The summed E-state index contributed by atoms with van der Waals surface area (Å²) in [6.07, 6.45) is -6.38. The summed E-state index contributed by atoms with van der Waals surface area (Å²) < 4.78 is 118. The lowest BCUT2D eigenvalue weighted by atomic mass is 9.97. The van der Waals surface area contributed by atoms with Gasteiger partial charge in [-0.2, -0.15) is 13.2 Å². The van der Waals surface area contributed by atoms with Crippen LogP contribution in [0.3, 0.4) is 0 Å². The van der Waals surface area contributed by atoms with Gasteiger partial charge in [-0.05, 0) is 67.0 Å². The van der Waals surface area contributed by atoms with Crippen molar-refractivity contribution >= 4 is 33.5 Å². The van der Waals surface area contributed by atoms with Crippen LogP contribution in [0.25, 0.3) is 0 Å². The molecule has 2 aliphatic rings. The van der Waals surface area contributed by atoms with Crippen molar-refractivity contribution in [3.05, 3.63) is 57.9 Å². The number of alkyl halides is 6. The fourth-order valence-corrected chi connectivity index (χ4v) is 5.02. The predicted molar refractivity (Wildman–Crippen MR) is 141 cm³/mol. The zero-order valence-corrected chi connectivity index (χ0v) is 24.3. The molecule has 2 aromatic rings. The minimum atomic E-state index is -5.08. The highest BCUT2D eigenvalue weighted by Gasteiger charge is 2.38. The summed E-state index contributed by atoms with van der Waals surface area (Å²) in [4.78, 5) is 23.2. The van der Waals surface area contributed by atoms with Crippen LogP contribution in [0.5, 0.6) is 11.5 Å². The number of sulfonamides is 1. The predicted octanol–water partition coefficient (Wildman–Crippen LogP) is 5.62. The van der Waals surface area contributed by atoms with Crippen molar-refractivity contribution in [3.63, 3.8) is 0 Å². The van der Waals surface area contributed by atoms with Crippen molar-refractivity contribution in [2.45, 2.75) is 56.8 Å². The van der Waals surface area contributed by atoms with Gasteiger partial charge in [0, 0.05) is 30.7 Å². The lowest BCUT2D eigenvalue weighted by Crippen LogP contribution is -2.38. The van der Waals surface area contributed by atoms with Gasteiger partial charge in [-0.25, -0.2) is 22.3 Å². The number of amides is 1. The van der Waals surface area contributed by atoms with E-state index < -0.39 is 46.0 Å². The zero-order valence-electron chi connectivity index (χ0n) is 22.8. The van der Waals surface area contributed by atoms with E-state index in [2.05, 4.69) is 9.64 Å². The number of carbonyl (C=O) groups is 2. The van der Waals surface area contributed by atoms with Crippen LogP contribution in [0.2, 0.25) is 5.02 Å². The molecule has 0 radical (unpaired) electrons. The summed E-state index contributed by atoms with van der Waals surface area (Å²) in [6.45, 7) is 1.63. The van der Waals surface area contributed by atoms with Gasteiger partial charge >= 0.3 is 18.5 Å². The van der Waals surface area contributed by atoms with Gasteiger partial charge in [0.1, 0.15) is 23.4 Å². The number of benzene rings is 2. The third-order valence-electron chi connectivity index (χ3n) is 6.32. The molecule has 0 spiro atoms. The van der Waals surface area contributed by atoms with Crippen molar-refractivity contribution in [3.8, 4) is 11.5 Å². The Hall–Kier alpha value is -3.31. The summed E-state index contributed by atoms with van der Waals surface area (Å²) in [5, 5.41) is 7.18. The van der Waals surface area contributed by atoms with Crippen LogP contribution in [-0.2, 0) is 21.4 Å². The van der Waals surface area contributed by atoms with Crippen LogP contribution in [0.4, 0.5) is 30.7 Å². The number of hydrogen-bond donors (Lipinski definition) is 2. The number of carboxylic acid groups (broad SMARTS) is 1. The molecule has 1 heterocycles. The standard InChI is InChI=1S/C24H25ClF4N2O5S.C2HF3O2/c1-37(33,34)30-23(32)21-12-20(14-2-3-14)15(8-22(21)26)13-31-6-4-17(5-7-31)35-18-9-16(25)10-19(11-18)36-24(27,28)29;3-2(4,5)1(6)7/h8-12,14,17H,2-7,13H2,1H3,(H,30,32);(H,6,7). The third-order valence-corrected chi connectivity index (χ3v) is 7.10. The van der Waals surface area contributed by atoms with Gasteiger partial charge in [0.2, 0.25) is 10.0 Å². The Balaban J connectivity index is 0.000000676. The third kappa shape index (κ3) is 11.3. The van der Waals surface area contributed by atoms with Crippen LogP contribution < -0.4 is 14.2 Å². The van der Waals surface area contributed by atoms with Crippen LogP contribution in [-0.4, -0.2) is 68.3 Å². The molecule has 4 rings (SSSR count). The summed E-state index contributed by atoms with van der Waals surface area (Å²) >= 11 is 5.91. The maximum atomic E-state index is 14.8. The maximum absolute atomic E-state index is 14.8. The van der Waals surface area contributed by atoms with Gasteiger partial charge in [-0.3, -0.25) is 9.69 Å². The van der Waals surface area contributed by atoms with Crippen molar-refractivity contribution in [1.29, 1.82) is 0 Å². The van der Waals surface area contributed by atoms with Crippen molar-refractivity contribution < 1.29 is 63.3 Å². The van der Waals surface area contributed by atoms with Crippen LogP contribution in [0.1, 0.15) is 53.1 Å². The number of carboxylic acids is 1. The second kappa shape index (κ2) is 13.8. The van der Waals surface area contributed by atoms with E-state index in [4.69, 9.17) is 26.2 Å². The molecule has 0 unspecified atom stereocenters. The molecule has 1 aliphatic heterocycles. The molecule has 2 N–H and O–H groups in total. The van der Waals surface area contributed by atoms with Gasteiger partial charge in [0.15, 0.2) is 0 Å². The quantitative estimate of drug-likeness (QED) is 0.345. The Labute approximate surface area is 251 Å². The molecule has 1 saturated carbocycles. The van der Waals surface area contributed by atoms with E-state index in [1.54, 1.807) is 4.72 Å². The minimum absolute atomic E-state index is 0.0532. The highest BCUT2D eigenvalue weighted by Crippen LogP contribution is 2.43. The van der Waals surface area contributed by atoms with E-state index in [0.29, 0.717) is 32.5 Å². The monoisotopic (exact) mass is 678 g/mol. The van der Waals surface area contributed by atoms with Gasteiger partial charge in [0.25, 0.3) is 5.91 Å². The van der Waals surface area contributed by atoms with E-state index in [0.717, 1.165) is 42.4 Å². The molecule has 1 amide bonds. The van der Waals surface area contributed by atoms with E-state index in [1.165, 1.54) is 18.2 Å². The lowest BCUT2D eigenvalue weighted by molar-refractivity contribution is -0.274. The Bertz CT molecular complexity index is 1470. The van der Waals surface area contributed by atoms with Crippen molar-refractivity contribution in [1.82, 2.24) is 9.62 Å². The molecule has 9 nitrogen and oxygen atoms in total. The number of ether oxygens (including phenoxy) is 2. The van der Waals surface area contributed by atoms with Crippen molar-refractivity contribution in [2.75, 3.05) is 19.3 Å². The SMILES string of the molecule is CS(=O)(=O)NC(=O)c1cc(C2CC2)c(CN2CCC(Oc3cc(Cl)cc(OC(F)(F)F)c3)CC2)cc1F.O=C(O)C(F)(F)F. The normalized spacial score (nSPS) is 16.5. The Morgan fingerprint density at radius 2 is 1.57 bits per heavy atom. The first-order valence-corrected chi connectivity index (χ1v) is 15.1. The maximum Gasteiger partial charge on any atom is 0.573 e. The average Bonchev–Trinajstić information content (AvgIpc) is 3.68. The number of halogens is 8. The molecule has 244 valence electrons. The van der Waals surface area contributed by atoms with E-state index in [-0.39, 0.29) is 28.4 Å². The van der Waals surface area contributed by atoms with E-state index >= 15 is 0 Å². The molecule has 2 fully saturated rings. The number of nitrogens with one attached hydrogen (secondary N) is 1. The number of carbonyl (C=O) groups excluding carboxylic acids is 1. The van der Waals surface area contributed by atoms with Gasteiger partial charge in [-0.15, -0.1) is 13.2 Å².